The summed E-state index contributed by atoms with van der Waals surface area (Å²) in [5.41, 5.74) is 10.8. The molecule has 2 aliphatic heterocycles. The van der Waals surface area contributed by atoms with Crippen molar-refractivity contribution in [1.82, 2.24) is 14.5 Å². The summed E-state index contributed by atoms with van der Waals surface area (Å²) in [7, 11) is 0. The standard InChI is InChI=1S/C13H15N5O5/c1-13-7(22-12(20)23-13)6(4-19)21-10(13)18-3-2-5-8(14)16-11(15)17-9(5)18/h2-3,6-7,10,19H,4H2,1H3,(H4,14,15,16,17)/t6-,7-,10-,13-/m1/s1. The van der Waals surface area contributed by atoms with Crippen molar-refractivity contribution >= 4 is 29.0 Å². The molecule has 0 aromatic carbocycles. The van der Waals surface area contributed by atoms with E-state index in [2.05, 4.69) is 9.97 Å². The molecular weight excluding hydrogens is 306 g/mol. The first kappa shape index (κ1) is 14.0. The van der Waals surface area contributed by atoms with Crippen LogP contribution in [0.3, 0.4) is 0 Å². The first-order valence-electron chi connectivity index (χ1n) is 6.99. The number of nitrogens with two attached hydrogens (primary N) is 2. The monoisotopic (exact) mass is 321 g/mol. The summed E-state index contributed by atoms with van der Waals surface area (Å²) in [6, 6.07) is 1.72. The summed E-state index contributed by atoms with van der Waals surface area (Å²) in [5.74, 6) is 0.261. The lowest BCUT2D eigenvalue weighted by Gasteiger charge is -2.26. The van der Waals surface area contributed by atoms with E-state index in [-0.39, 0.29) is 18.4 Å². The fraction of sp³-hybridized carbons (Fsp3) is 0.462. The number of rotatable bonds is 2. The van der Waals surface area contributed by atoms with Crippen molar-refractivity contribution in [3.8, 4) is 0 Å². The van der Waals surface area contributed by atoms with Crippen molar-refractivity contribution in [3.63, 3.8) is 0 Å². The third-order valence-electron chi connectivity index (χ3n) is 4.27. The van der Waals surface area contributed by atoms with E-state index in [1.54, 1.807) is 23.8 Å². The lowest BCUT2D eigenvalue weighted by atomic mass is 9.96. The fourth-order valence-corrected chi connectivity index (χ4v) is 3.23. The molecule has 2 saturated heterocycles. The first-order valence-corrected chi connectivity index (χ1v) is 6.99. The molecule has 4 atom stereocenters. The second kappa shape index (κ2) is 4.46. The van der Waals surface area contributed by atoms with Crippen LogP contribution in [0.1, 0.15) is 13.2 Å². The van der Waals surface area contributed by atoms with Gasteiger partial charge in [0.25, 0.3) is 0 Å². The summed E-state index contributed by atoms with van der Waals surface area (Å²) >= 11 is 0. The molecule has 0 spiro atoms. The van der Waals surface area contributed by atoms with Gasteiger partial charge in [-0.15, -0.1) is 0 Å². The number of ether oxygens (including phenoxy) is 3. The molecule has 0 amide bonds. The highest BCUT2D eigenvalue weighted by molar-refractivity contribution is 5.87. The van der Waals surface area contributed by atoms with Crippen LogP contribution in [0.15, 0.2) is 12.3 Å². The Kier molecular flexibility index (Phi) is 2.72. The van der Waals surface area contributed by atoms with Gasteiger partial charge in [-0.25, -0.2) is 4.79 Å². The van der Waals surface area contributed by atoms with Crippen molar-refractivity contribution in [1.29, 1.82) is 0 Å². The molecule has 2 fully saturated rings. The van der Waals surface area contributed by atoms with E-state index in [0.717, 1.165) is 0 Å². The Hall–Kier alpha value is -2.59. The van der Waals surface area contributed by atoms with Crippen molar-refractivity contribution in [2.75, 3.05) is 18.1 Å². The number of aromatic nitrogens is 3. The highest BCUT2D eigenvalue weighted by atomic mass is 16.8. The molecule has 10 heteroatoms. The molecule has 2 aliphatic rings. The van der Waals surface area contributed by atoms with Gasteiger partial charge in [0.2, 0.25) is 5.95 Å². The Morgan fingerprint density at radius 3 is 2.96 bits per heavy atom. The van der Waals surface area contributed by atoms with Crippen LogP contribution in [-0.2, 0) is 14.2 Å². The number of carbonyl (C=O) groups excluding carboxylic acids is 1. The molecule has 0 radical (unpaired) electrons. The van der Waals surface area contributed by atoms with Gasteiger partial charge in [0.15, 0.2) is 17.9 Å². The highest BCUT2D eigenvalue weighted by Crippen LogP contribution is 2.47. The van der Waals surface area contributed by atoms with Gasteiger partial charge in [0, 0.05) is 6.20 Å². The van der Waals surface area contributed by atoms with E-state index in [0.29, 0.717) is 11.0 Å². The van der Waals surface area contributed by atoms with E-state index < -0.39 is 30.2 Å². The molecule has 4 rings (SSSR count). The Balaban J connectivity index is 1.86. The Morgan fingerprint density at radius 2 is 2.22 bits per heavy atom. The van der Waals surface area contributed by atoms with E-state index in [9.17, 15) is 9.90 Å². The van der Waals surface area contributed by atoms with Crippen LogP contribution in [0.4, 0.5) is 16.6 Å². The lowest BCUT2D eigenvalue weighted by Crippen LogP contribution is -2.41. The van der Waals surface area contributed by atoms with Crippen molar-refractivity contribution in [3.05, 3.63) is 12.3 Å². The minimum absolute atomic E-state index is 0.0213. The number of nitrogen functional groups attached to an aromatic ring is 2. The Labute approximate surface area is 129 Å². The molecule has 2 aromatic heterocycles. The second-order valence-corrected chi connectivity index (χ2v) is 5.71. The number of anilines is 2. The van der Waals surface area contributed by atoms with Gasteiger partial charge in [-0.2, -0.15) is 9.97 Å². The van der Waals surface area contributed by atoms with Crippen LogP contribution >= 0.6 is 0 Å². The molecule has 4 heterocycles. The van der Waals surface area contributed by atoms with Gasteiger partial charge < -0.3 is 35.4 Å². The average Bonchev–Trinajstić information content (AvgIpc) is 3.08. The minimum atomic E-state index is -1.11. The molecule has 2 aromatic rings. The van der Waals surface area contributed by atoms with Gasteiger partial charge in [0.1, 0.15) is 17.6 Å². The Bertz CT molecular complexity index is 807. The quantitative estimate of drug-likeness (QED) is 0.638. The van der Waals surface area contributed by atoms with Gasteiger partial charge in [-0.05, 0) is 13.0 Å². The topological polar surface area (TPSA) is 148 Å². The van der Waals surface area contributed by atoms with Crippen LogP contribution in [-0.4, -0.2) is 50.2 Å². The minimum Gasteiger partial charge on any atom is -0.424 e. The van der Waals surface area contributed by atoms with Crippen LogP contribution in [0, 0.1) is 0 Å². The fourth-order valence-electron chi connectivity index (χ4n) is 3.23. The van der Waals surface area contributed by atoms with Gasteiger partial charge in [-0.1, -0.05) is 0 Å². The lowest BCUT2D eigenvalue weighted by molar-refractivity contribution is -0.0905. The van der Waals surface area contributed by atoms with Gasteiger partial charge >= 0.3 is 6.16 Å². The Morgan fingerprint density at radius 1 is 1.43 bits per heavy atom. The van der Waals surface area contributed by atoms with E-state index in [1.165, 1.54) is 0 Å². The van der Waals surface area contributed by atoms with Crippen molar-refractivity contribution < 1.29 is 24.1 Å². The summed E-state index contributed by atoms with van der Waals surface area (Å²) < 4.78 is 17.9. The smallest absolute Gasteiger partial charge is 0.424 e. The van der Waals surface area contributed by atoms with E-state index in [4.69, 9.17) is 25.7 Å². The molecule has 0 bridgehead atoms. The largest absolute Gasteiger partial charge is 0.509 e. The van der Waals surface area contributed by atoms with E-state index >= 15 is 0 Å². The van der Waals surface area contributed by atoms with Crippen molar-refractivity contribution in [2.24, 2.45) is 0 Å². The summed E-state index contributed by atoms with van der Waals surface area (Å²) in [6.45, 7) is 1.37. The zero-order chi connectivity index (χ0) is 16.4. The molecule has 0 aliphatic carbocycles. The number of nitrogens with zero attached hydrogens (tertiary/aromatic N) is 3. The zero-order valence-electron chi connectivity index (χ0n) is 12.2. The van der Waals surface area contributed by atoms with Crippen LogP contribution < -0.4 is 11.5 Å². The molecular formula is C13H15N5O5. The number of fused-ring (bicyclic) bond motifs is 2. The maximum absolute atomic E-state index is 11.6. The number of hydrogen-bond donors (Lipinski definition) is 3. The first-order chi connectivity index (χ1) is 10.9. The average molecular weight is 321 g/mol. The number of carbonyl (C=O) groups is 1. The summed E-state index contributed by atoms with van der Waals surface area (Å²) in [4.78, 5) is 19.6. The number of hydrogen-bond acceptors (Lipinski definition) is 9. The highest BCUT2D eigenvalue weighted by Gasteiger charge is 2.64. The van der Waals surface area contributed by atoms with Crippen LogP contribution in [0.5, 0.6) is 0 Å². The predicted molar refractivity (Wildman–Crippen MR) is 77.1 cm³/mol. The third-order valence-corrected chi connectivity index (χ3v) is 4.27. The molecule has 10 nitrogen and oxygen atoms in total. The molecule has 0 saturated carbocycles. The van der Waals surface area contributed by atoms with E-state index in [1.807, 2.05) is 0 Å². The van der Waals surface area contributed by atoms with Crippen molar-refractivity contribution in [2.45, 2.75) is 31.0 Å². The summed E-state index contributed by atoms with van der Waals surface area (Å²) in [5, 5.41) is 10.1. The summed E-state index contributed by atoms with van der Waals surface area (Å²) in [6.07, 6.45) is -1.28. The molecule has 5 N–H and O–H groups in total. The van der Waals surface area contributed by atoms with Gasteiger partial charge in [-0.3, -0.25) is 0 Å². The zero-order valence-corrected chi connectivity index (χ0v) is 12.2. The molecule has 23 heavy (non-hydrogen) atoms. The number of aliphatic hydroxyl groups excluding tert-OH is 1. The van der Waals surface area contributed by atoms with Crippen LogP contribution in [0.2, 0.25) is 0 Å². The second-order valence-electron chi connectivity index (χ2n) is 5.71. The third kappa shape index (κ3) is 1.79. The predicted octanol–water partition coefficient (Wildman–Crippen LogP) is -0.221. The van der Waals surface area contributed by atoms with Gasteiger partial charge in [0.05, 0.1) is 12.0 Å². The van der Waals surface area contributed by atoms with Crippen LogP contribution in [0.25, 0.3) is 11.0 Å². The maximum atomic E-state index is 11.6. The maximum Gasteiger partial charge on any atom is 0.509 e. The number of aliphatic hydroxyl groups is 1. The normalized spacial score (nSPS) is 32.8. The molecule has 0 unspecified atom stereocenters. The SMILES string of the molecule is C[C@@]12OC(=O)O[C@@H]1[C@@H](CO)O[C@H]2n1ccc2c(N)nc(N)nc21. The molecule has 122 valence electrons.